The van der Waals surface area contributed by atoms with Gasteiger partial charge in [0, 0.05) is 45.8 Å². The molecule has 0 saturated carbocycles. The largest absolute Gasteiger partial charge is 0.486 e. The third-order valence-electron chi connectivity index (χ3n) is 4.47. The highest BCUT2D eigenvalue weighted by molar-refractivity contribution is 14.0. The molecule has 1 saturated heterocycles. The van der Waals surface area contributed by atoms with Crippen molar-refractivity contribution >= 4 is 29.9 Å². The van der Waals surface area contributed by atoms with Gasteiger partial charge in [-0.25, -0.2) is 4.39 Å². The summed E-state index contributed by atoms with van der Waals surface area (Å²) in [7, 11) is 1.77. The van der Waals surface area contributed by atoms with E-state index in [0.717, 1.165) is 44.4 Å². The number of benzene rings is 1. The second-order valence-electron chi connectivity index (χ2n) is 6.54. The highest BCUT2D eigenvalue weighted by atomic mass is 127. The van der Waals surface area contributed by atoms with Gasteiger partial charge in [-0.3, -0.25) is 9.89 Å². The van der Waals surface area contributed by atoms with Crippen molar-refractivity contribution in [3.8, 4) is 5.75 Å². The topological polar surface area (TPSA) is 66.1 Å². The van der Waals surface area contributed by atoms with E-state index in [4.69, 9.17) is 9.26 Å². The third kappa shape index (κ3) is 6.33. The van der Waals surface area contributed by atoms with Crippen LogP contribution in [0.15, 0.2) is 46.1 Å². The maximum Gasteiger partial charge on any atom is 0.193 e. The van der Waals surface area contributed by atoms with Crippen molar-refractivity contribution in [2.75, 3.05) is 39.8 Å². The molecule has 0 radical (unpaired) electrons. The molecule has 0 aliphatic carbocycles. The summed E-state index contributed by atoms with van der Waals surface area (Å²) in [4.78, 5) is 8.92. The molecule has 0 bridgehead atoms. The summed E-state index contributed by atoms with van der Waals surface area (Å²) in [6.45, 7) is 6.84. The van der Waals surface area contributed by atoms with Gasteiger partial charge in [-0.05, 0) is 19.1 Å². The first-order valence-corrected chi connectivity index (χ1v) is 9.14. The zero-order valence-corrected chi connectivity index (χ0v) is 18.5. The van der Waals surface area contributed by atoms with Crippen LogP contribution in [0.25, 0.3) is 0 Å². The zero-order chi connectivity index (χ0) is 19.1. The SMILES string of the molecule is CN=C(NCC(C)Oc1ccccc1F)N1CCN(Cc2ccon2)CC1.I. The van der Waals surface area contributed by atoms with Crippen molar-refractivity contribution in [3.63, 3.8) is 0 Å². The Labute approximate surface area is 181 Å². The van der Waals surface area contributed by atoms with Crippen molar-refractivity contribution in [2.45, 2.75) is 19.6 Å². The monoisotopic (exact) mass is 503 g/mol. The van der Waals surface area contributed by atoms with E-state index in [0.29, 0.717) is 6.54 Å². The number of nitrogens with one attached hydrogen (secondary N) is 1. The van der Waals surface area contributed by atoms with Crippen LogP contribution in [-0.4, -0.2) is 66.8 Å². The first-order valence-electron chi connectivity index (χ1n) is 9.14. The zero-order valence-electron chi connectivity index (χ0n) is 16.2. The molecular formula is C19H27FIN5O2. The van der Waals surface area contributed by atoms with Gasteiger partial charge in [0.1, 0.15) is 12.4 Å². The maximum atomic E-state index is 13.7. The van der Waals surface area contributed by atoms with Crippen LogP contribution in [-0.2, 0) is 6.54 Å². The molecule has 0 amide bonds. The Morgan fingerprint density at radius 2 is 2.04 bits per heavy atom. The fourth-order valence-electron chi connectivity index (χ4n) is 3.03. The lowest BCUT2D eigenvalue weighted by Gasteiger charge is -2.36. The quantitative estimate of drug-likeness (QED) is 0.372. The van der Waals surface area contributed by atoms with Gasteiger partial charge < -0.3 is 19.5 Å². The summed E-state index contributed by atoms with van der Waals surface area (Å²) in [6.07, 6.45) is 1.41. The molecule has 1 atom stereocenters. The van der Waals surface area contributed by atoms with E-state index >= 15 is 0 Å². The number of guanidine groups is 1. The van der Waals surface area contributed by atoms with Crippen molar-refractivity contribution in [3.05, 3.63) is 48.1 Å². The van der Waals surface area contributed by atoms with Gasteiger partial charge in [-0.1, -0.05) is 17.3 Å². The Hall–Kier alpha value is -1.88. The lowest BCUT2D eigenvalue weighted by Crippen LogP contribution is -2.53. The van der Waals surface area contributed by atoms with Crippen molar-refractivity contribution in [1.29, 1.82) is 0 Å². The first-order chi connectivity index (χ1) is 13.2. The summed E-state index contributed by atoms with van der Waals surface area (Å²) in [5, 5.41) is 7.28. The Kier molecular flexibility index (Phi) is 8.97. The molecular weight excluding hydrogens is 476 g/mol. The molecule has 1 unspecified atom stereocenters. The van der Waals surface area contributed by atoms with E-state index in [1.54, 1.807) is 31.5 Å². The Bertz CT molecular complexity index is 736. The number of aromatic nitrogens is 1. The van der Waals surface area contributed by atoms with Gasteiger partial charge in [-0.15, -0.1) is 24.0 Å². The highest BCUT2D eigenvalue weighted by Gasteiger charge is 2.20. The molecule has 154 valence electrons. The fourth-order valence-corrected chi connectivity index (χ4v) is 3.03. The molecule has 1 aromatic heterocycles. The van der Waals surface area contributed by atoms with Crippen LogP contribution in [0.4, 0.5) is 4.39 Å². The number of nitrogens with zero attached hydrogens (tertiary/aromatic N) is 4. The lowest BCUT2D eigenvalue weighted by atomic mass is 10.3. The van der Waals surface area contributed by atoms with E-state index in [1.165, 1.54) is 6.07 Å². The lowest BCUT2D eigenvalue weighted by molar-refractivity contribution is 0.166. The number of hydrogen-bond acceptors (Lipinski definition) is 5. The Morgan fingerprint density at radius 1 is 1.29 bits per heavy atom. The van der Waals surface area contributed by atoms with Crippen LogP contribution < -0.4 is 10.1 Å². The third-order valence-corrected chi connectivity index (χ3v) is 4.47. The molecule has 3 rings (SSSR count). The molecule has 1 aromatic carbocycles. The predicted molar refractivity (Wildman–Crippen MR) is 117 cm³/mol. The minimum Gasteiger partial charge on any atom is -0.486 e. The number of piperazine rings is 1. The van der Waals surface area contributed by atoms with Gasteiger partial charge in [0.25, 0.3) is 0 Å². The van der Waals surface area contributed by atoms with E-state index < -0.39 is 0 Å². The smallest absolute Gasteiger partial charge is 0.193 e. The van der Waals surface area contributed by atoms with Gasteiger partial charge in [0.15, 0.2) is 17.5 Å². The van der Waals surface area contributed by atoms with Crippen LogP contribution in [0.1, 0.15) is 12.6 Å². The summed E-state index contributed by atoms with van der Waals surface area (Å²) in [6, 6.07) is 8.33. The molecule has 7 nitrogen and oxygen atoms in total. The molecule has 28 heavy (non-hydrogen) atoms. The summed E-state index contributed by atoms with van der Waals surface area (Å²) < 4.78 is 24.2. The van der Waals surface area contributed by atoms with Crippen molar-refractivity contribution in [1.82, 2.24) is 20.3 Å². The number of ether oxygens (including phenoxy) is 1. The molecule has 2 aromatic rings. The summed E-state index contributed by atoms with van der Waals surface area (Å²) >= 11 is 0. The Morgan fingerprint density at radius 3 is 2.68 bits per heavy atom. The van der Waals surface area contributed by atoms with Gasteiger partial charge in [-0.2, -0.15) is 0 Å². The molecule has 0 spiro atoms. The molecule has 9 heteroatoms. The minimum atomic E-state index is -0.350. The van der Waals surface area contributed by atoms with Gasteiger partial charge in [0.2, 0.25) is 0 Å². The van der Waals surface area contributed by atoms with E-state index in [2.05, 4.69) is 25.3 Å². The number of halogens is 2. The van der Waals surface area contributed by atoms with E-state index in [1.807, 2.05) is 13.0 Å². The van der Waals surface area contributed by atoms with Gasteiger partial charge >= 0.3 is 0 Å². The maximum absolute atomic E-state index is 13.7. The van der Waals surface area contributed by atoms with E-state index in [-0.39, 0.29) is 41.6 Å². The van der Waals surface area contributed by atoms with Crippen molar-refractivity contribution in [2.24, 2.45) is 4.99 Å². The normalized spacial score (nSPS) is 16.4. The molecule has 2 heterocycles. The second-order valence-corrected chi connectivity index (χ2v) is 6.54. The standard InChI is InChI=1S/C19H26FN5O2.HI/c1-15(27-18-6-4-3-5-17(18)20)13-22-19(21-2)25-10-8-24(9-11-25)14-16-7-12-26-23-16;/h3-7,12,15H,8-11,13-14H2,1-2H3,(H,21,22);1H. The molecule has 1 aliphatic heterocycles. The Balaban J connectivity index is 0.00000280. The second kappa shape index (κ2) is 11.2. The fraction of sp³-hybridized carbons (Fsp3) is 0.474. The minimum absolute atomic E-state index is 0. The molecule has 1 aliphatic rings. The number of hydrogen-bond donors (Lipinski definition) is 1. The highest BCUT2D eigenvalue weighted by Crippen LogP contribution is 2.16. The van der Waals surface area contributed by atoms with Crippen LogP contribution >= 0.6 is 24.0 Å². The van der Waals surface area contributed by atoms with Gasteiger partial charge in [0.05, 0.1) is 12.2 Å². The van der Waals surface area contributed by atoms with Crippen LogP contribution in [0.2, 0.25) is 0 Å². The summed E-state index contributed by atoms with van der Waals surface area (Å²) in [5.74, 6) is 0.750. The van der Waals surface area contributed by atoms with Crippen LogP contribution in [0.5, 0.6) is 5.75 Å². The number of para-hydroxylation sites is 1. The first kappa shape index (κ1) is 22.4. The van der Waals surface area contributed by atoms with E-state index in [9.17, 15) is 4.39 Å². The number of aliphatic imine (C=N–C) groups is 1. The predicted octanol–water partition coefficient (Wildman–Crippen LogP) is 2.59. The summed E-state index contributed by atoms with van der Waals surface area (Å²) in [5.41, 5.74) is 0.949. The molecule has 1 fully saturated rings. The van der Waals surface area contributed by atoms with Crippen LogP contribution in [0, 0.1) is 5.82 Å². The number of rotatable bonds is 6. The average molecular weight is 503 g/mol. The average Bonchev–Trinajstić information content (AvgIpc) is 3.18. The molecule has 1 N–H and O–H groups in total. The van der Waals surface area contributed by atoms with Crippen molar-refractivity contribution < 1.29 is 13.7 Å². The van der Waals surface area contributed by atoms with Crippen LogP contribution in [0.3, 0.4) is 0 Å².